The van der Waals surface area contributed by atoms with Gasteiger partial charge < -0.3 is 10.1 Å². The van der Waals surface area contributed by atoms with E-state index in [0.717, 1.165) is 29.9 Å². The summed E-state index contributed by atoms with van der Waals surface area (Å²) in [6.45, 7) is 4.71. The lowest BCUT2D eigenvalue weighted by molar-refractivity contribution is 0.327. The maximum atomic E-state index is 13.0. The van der Waals surface area contributed by atoms with Crippen LogP contribution in [-0.2, 0) is 10.0 Å². The van der Waals surface area contributed by atoms with Gasteiger partial charge in [-0.3, -0.25) is 0 Å². The Kier molecular flexibility index (Phi) is 5.43. The number of aromatic nitrogens is 2. The molecule has 3 rings (SSSR count). The minimum Gasteiger partial charge on any atom is -0.495 e. The highest BCUT2D eigenvalue weighted by Gasteiger charge is 2.31. The Bertz CT molecular complexity index is 878. The molecule has 0 bridgehead atoms. The molecule has 0 unspecified atom stereocenters. The van der Waals surface area contributed by atoms with Crippen LogP contribution in [0, 0.1) is 13.8 Å². The molecular formula is C18H24N4O3S. The highest BCUT2D eigenvalue weighted by molar-refractivity contribution is 7.89. The van der Waals surface area contributed by atoms with Crippen molar-refractivity contribution in [2.45, 2.75) is 37.6 Å². The third kappa shape index (κ3) is 3.96. The summed E-state index contributed by atoms with van der Waals surface area (Å²) in [5.74, 6) is 1.16. The van der Waals surface area contributed by atoms with Crippen LogP contribution in [0.4, 0.5) is 5.82 Å². The zero-order valence-electron chi connectivity index (χ0n) is 15.3. The van der Waals surface area contributed by atoms with E-state index >= 15 is 0 Å². The van der Waals surface area contributed by atoms with Crippen LogP contribution in [0.25, 0.3) is 0 Å². The van der Waals surface area contributed by atoms with Crippen LogP contribution >= 0.6 is 0 Å². The average molecular weight is 376 g/mol. The summed E-state index contributed by atoms with van der Waals surface area (Å²) in [4.78, 5) is 8.53. The minimum atomic E-state index is -3.58. The maximum Gasteiger partial charge on any atom is 0.246 e. The molecule has 2 aromatic rings. The average Bonchev–Trinajstić information content (AvgIpc) is 2.62. The number of rotatable bonds is 5. The van der Waals surface area contributed by atoms with Crippen LogP contribution in [0.3, 0.4) is 0 Å². The molecule has 1 aromatic heterocycles. The van der Waals surface area contributed by atoms with Crippen LogP contribution in [0.5, 0.6) is 5.75 Å². The van der Waals surface area contributed by atoms with Gasteiger partial charge in [-0.25, -0.2) is 18.4 Å². The number of hydrogen-bond acceptors (Lipinski definition) is 6. The van der Waals surface area contributed by atoms with Gasteiger partial charge in [0.2, 0.25) is 10.0 Å². The second kappa shape index (κ2) is 7.59. The zero-order valence-corrected chi connectivity index (χ0v) is 16.1. The lowest BCUT2D eigenvalue weighted by Gasteiger charge is -2.32. The third-order valence-electron chi connectivity index (χ3n) is 4.55. The first-order valence-corrected chi connectivity index (χ1v) is 10.0. The van der Waals surface area contributed by atoms with Crippen molar-refractivity contribution in [3.8, 4) is 5.75 Å². The van der Waals surface area contributed by atoms with E-state index in [1.807, 2.05) is 26.0 Å². The number of methoxy groups -OCH3 is 1. The van der Waals surface area contributed by atoms with Gasteiger partial charge in [-0.2, -0.15) is 4.31 Å². The molecule has 0 aliphatic carbocycles. The Labute approximate surface area is 154 Å². The molecule has 0 saturated carbocycles. The van der Waals surface area contributed by atoms with Crippen molar-refractivity contribution in [1.29, 1.82) is 0 Å². The highest BCUT2D eigenvalue weighted by Crippen LogP contribution is 2.29. The van der Waals surface area contributed by atoms with E-state index in [-0.39, 0.29) is 10.9 Å². The summed E-state index contributed by atoms with van der Waals surface area (Å²) in [7, 11) is -2.09. The van der Waals surface area contributed by atoms with Gasteiger partial charge in [0, 0.05) is 30.9 Å². The Morgan fingerprint density at radius 3 is 2.54 bits per heavy atom. The third-order valence-corrected chi connectivity index (χ3v) is 6.47. The smallest absolute Gasteiger partial charge is 0.246 e. The number of ether oxygens (including phenoxy) is 1. The van der Waals surface area contributed by atoms with Gasteiger partial charge in [-0.1, -0.05) is 6.07 Å². The number of aryl methyl sites for hydroxylation is 2. The summed E-state index contributed by atoms with van der Waals surface area (Å²) in [6, 6.07) is 7.30. The fraction of sp³-hybridized carbons (Fsp3) is 0.444. The summed E-state index contributed by atoms with van der Waals surface area (Å²) in [6.07, 6.45) is 2.97. The quantitative estimate of drug-likeness (QED) is 0.862. The van der Waals surface area contributed by atoms with Crippen LogP contribution < -0.4 is 10.1 Å². The van der Waals surface area contributed by atoms with Crippen molar-refractivity contribution in [3.05, 3.63) is 41.9 Å². The lowest BCUT2D eigenvalue weighted by Crippen LogP contribution is -2.42. The number of anilines is 1. The number of nitrogens with one attached hydrogen (secondary N) is 1. The van der Waals surface area contributed by atoms with Gasteiger partial charge in [0.15, 0.2) is 0 Å². The number of benzene rings is 1. The van der Waals surface area contributed by atoms with Crippen LogP contribution in [0.1, 0.15) is 24.1 Å². The molecule has 1 aromatic carbocycles. The SMILES string of the molecule is COc1ccc(C)cc1S(=O)(=O)N1CCC(Nc2cc(C)ncn2)CC1. The first kappa shape index (κ1) is 18.6. The van der Waals surface area contributed by atoms with E-state index in [0.29, 0.717) is 18.8 Å². The van der Waals surface area contributed by atoms with Gasteiger partial charge in [0.25, 0.3) is 0 Å². The van der Waals surface area contributed by atoms with E-state index in [9.17, 15) is 8.42 Å². The Morgan fingerprint density at radius 2 is 1.88 bits per heavy atom. The maximum absolute atomic E-state index is 13.0. The van der Waals surface area contributed by atoms with Gasteiger partial charge in [0.05, 0.1) is 7.11 Å². The summed E-state index contributed by atoms with van der Waals surface area (Å²) in [5.41, 5.74) is 1.79. The van der Waals surface area contributed by atoms with Crippen molar-refractivity contribution < 1.29 is 13.2 Å². The van der Waals surface area contributed by atoms with Crippen LogP contribution in [0.15, 0.2) is 35.5 Å². The molecule has 1 N–H and O–H groups in total. The molecule has 0 spiro atoms. The largest absolute Gasteiger partial charge is 0.495 e. The number of hydrogen-bond donors (Lipinski definition) is 1. The Morgan fingerprint density at radius 1 is 1.15 bits per heavy atom. The van der Waals surface area contributed by atoms with E-state index in [2.05, 4.69) is 15.3 Å². The van der Waals surface area contributed by atoms with Crippen LogP contribution in [0.2, 0.25) is 0 Å². The second-order valence-corrected chi connectivity index (χ2v) is 8.43. The molecule has 1 saturated heterocycles. The molecule has 1 fully saturated rings. The van der Waals surface area contributed by atoms with Crippen molar-refractivity contribution in [1.82, 2.24) is 14.3 Å². The predicted molar refractivity (Wildman–Crippen MR) is 99.9 cm³/mol. The van der Waals surface area contributed by atoms with Crippen molar-refractivity contribution in [3.63, 3.8) is 0 Å². The van der Waals surface area contributed by atoms with Gasteiger partial charge >= 0.3 is 0 Å². The topological polar surface area (TPSA) is 84.4 Å². The molecule has 140 valence electrons. The molecule has 8 heteroatoms. The van der Waals surface area contributed by atoms with Crippen molar-refractivity contribution >= 4 is 15.8 Å². The van der Waals surface area contributed by atoms with Gasteiger partial charge in [-0.05, 0) is 44.4 Å². The van der Waals surface area contributed by atoms with E-state index in [1.165, 1.54) is 17.7 Å². The highest BCUT2D eigenvalue weighted by atomic mass is 32.2. The monoisotopic (exact) mass is 376 g/mol. The Hall–Kier alpha value is -2.19. The predicted octanol–water partition coefficient (Wildman–Crippen LogP) is 2.37. The number of nitrogens with zero attached hydrogens (tertiary/aromatic N) is 3. The van der Waals surface area contributed by atoms with E-state index in [4.69, 9.17) is 4.74 Å². The molecule has 1 aliphatic heterocycles. The lowest BCUT2D eigenvalue weighted by atomic mass is 10.1. The molecule has 0 radical (unpaired) electrons. The molecule has 0 amide bonds. The molecule has 7 nitrogen and oxygen atoms in total. The second-order valence-electron chi connectivity index (χ2n) is 6.52. The van der Waals surface area contributed by atoms with Crippen molar-refractivity contribution in [2.24, 2.45) is 0 Å². The first-order chi connectivity index (χ1) is 12.4. The first-order valence-electron chi connectivity index (χ1n) is 8.60. The molecule has 26 heavy (non-hydrogen) atoms. The standard InChI is InChI=1S/C18H24N4O3S/c1-13-4-5-16(25-3)17(10-13)26(23,24)22-8-6-15(7-9-22)21-18-11-14(2)19-12-20-18/h4-5,10-12,15H,6-9H2,1-3H3,(H,19,20,21). The minimum absolute atomic E-state index is 0.190. The summed E-state index contributed by atoms with van der Waals surface area (Å²) < 4.78 is 32.9. The molecule has 1 aliphatic rings. The molecule has 2 heterocycles. The summed E-state index contributed by atoms with van der Waals surface area (Å²) in [5, 5.41) is 3.37. The molecule has 0 atom stereocenters. The number of sulfonamides is 1. The van der Waals surface area contributed by atoms with E-state index in [1.54, 1.807) is 12.1 Å². The number of piperidine rings is 1. The normalized spacial score (nSPS) is 16.4. The fourth-order valence-corrected chi connectivity index (χ4v) is 4.82. The van der Waals surface area contributed by atoms with Gasteiger partial charge in [0.1, 0.15) is 22.8 Å². The van der Waals surface area contributed by atoms with Crippen molar-refractivity contribution in [2.75, 3.05) is 25.5 Å². The summed E-state index contributed by atoms with van der Waals surface area (Å²) >= 11 is 0. The van der Waals surface area contributed by atoms with Crippen LogP contribution in [-0.4, -0.2) is 48.9 Å². The van der Waals surface area contributed by atoms with Gasteiger partial charge in [-0.15, -0.1) is 0 Å². The molecular weight excluding hydrogens is 352 g/mol. The Balaban J connectivity index is 1.70. The fourth-order valence-electron chi connectivity index (χ4n) is 3.11. The zero-order chi connectivity index (χ0) is 18.7. The van der Waals surface area contributed by atoms with E-state index < -0.39 is 10.0 Å².